The van der Waals surface area contributed by atoms with Gasteiger partial charge >= 0.3 is 5.97 Å². The molecule has 0 atom stereocenters. The SMILES string of the molecule is O=C(O)CSc1nnc(-c2ccc(Br)cc2)n1COCCO. The molecule has 0 saturated heterocycles. The number of hydrogen-bond donors (Lipinski definition) is 2. The third-order valence-electron chi connectivity index (χ3n) is 2.60. The molecule has 9 heteroatoms. The van der Waals surface area contributed by atoms with Crippen LogP contribution >= 0.6 is 27.7 Å². The molecule has 0 bridgehead atoms. The number of halogens is 1. The second-order valence-corrected chi connectivity index (χ2v) is 6.04. The maximum atomic E-state index is 10.7. The van der Waals surface area contributed by atoms with Crippen molar-refractivity contribution in [1.29, 1.82) is 0 Å². The number of rotatable bonds is 8. The van der Waals surface area contributed by atoms with Crippen LogP contribution in [-0.2, 0) is 16.3 Å². The van der Waals surface area contributed by atoms with Gasteiger partial charge in [-0.25, -0.2) is 0 Å². The van der Waals surface area contributed by atoms with E-state index in [2.05, 4.69) is 26.1 Å². The van der Waals surface area contributed by atoms with Gasteiger partial charge in [0.2, 0.25) is 0 Å². The predicted molar refractivity (Wildman–Crippen MR) is 84.6 cm³/mol. The van der Waals surface area contributed by atoms with E-state index < -0.39 is 5.97 Å². The van der Waals surface area contributed by atoms with Gasteiger partial charge in [0.05, 0.1) is 19.0 Å². The maximum Gasteiger partial charge on any atom is 0.313 e. The number of thioether (sulfide) groups is 1. The van der Waals surface area contributed by atoms with Gasteiger partial charge in [0.1, 0.15) is 6.73 Å². The number of ether oxygens (including phenoxy) is 1. The van der Waals surface area contributed by atoms with Crippen molar-refractivity contribution in [3.05, 3.63) is 28.7 Å². The zero-order chi connectivity index (χ0) is 15.9. The van der Waals surface area contributed by atoms with Crippen molar-refractivity contribution in [3.8, 4) is 11.4 Å². The highest BCUT2D eigenvalue weighted by Crippen LogP contribution is 2.25. The molecule has 0 fully saturated rings. The molecule has 0 aliphatic heterocycles. The van der Waals surface area contributed by atoms with E-state index in [-0.39, 0.29) is 25.7 Å². The highest BCUT2D eigenvalue weighted by molar-refractivity contribution is 9.10. The van der Waals surface area contributed by atoms with E-state index >= 15 is 0 Å². The van der Waals surface area contributed by atoms with Gasteiger partial charge in [-0.2, -0.15) is 0 Å². The number of carbonyl (C=O) groups is 1. The van der Waals surface area contributed by atoms with Gasteiger partial charge in [0, 0.05) is 10.0 Å². The normalized spacial score (nSPS) is 10.8. The number of aliphatic carboxylic acids is 1. The maximum absolute atomic E-state index is 10.7. The van der Waals surface area contributed by atoms with E-state index in [9.17, 15) is 4.79 Å². The molecular formula is C13H14BrN3O4S. The zero-order valence-corrected chi connectivity index (χ0v) is 13.9. The minimum atomic E-state index is -0.930. The Morgan fingerprint density at radius 3 is 2.68 bits per heavy atom. The molecule has 1 heterocycles. The Morgan fingerprint density at radius 1 is 1.32 bits per heavy atom. The Bertz CT molecular complexity index is 633. The summed E-state index contributed by atoms with van der Waals surface area (Å²) in [7, 11) is 0. The number of aromatic nitrogens is 3. The Kier molecular flexibility index (Phi) is 6.37. The molecule has 0 radical (unpaired) electrons. The molecule has 0 amide bonds. The predicted octanol–water partition coefficient (Wildman–Crippen LogP) is 1.85. The molecule has 0 aliphatic carbocycles. The van der Waals surface area contributed by atoms with Gasteiger partial charge in [0.15, 0.2) is 11.0 Å². The minimum absolute atomic E-state index is 0.0899. The van der Waals surface area contributed by atoms with E-state index in [0.29, 0.717) is 11.0 Å². The van der Waals surface area contributed by atoms with Crippen molar-refractivity contribution in [2.24, 2.45) is 0 Å². The van der Waals surface area contributed by atoms with Gasteiger partial charge in [-0.15, -0.1) is 10.2 Å². The topological polar surface area (TPSA) is 97.5 Å². The van der Waals surface area contributed by atoms with Crippen molar-refractivity contribution in [2.75, 3.05) is 19.0 Å². The Morgan fingerprint density at radius 2 is 2.05 bits per heavy atom. The van der Waals surface area contributed by atoms with Gasteiger partial charge in [-0.3, -0.25) is 9.36 Å². The van der Waals surface area contributed by atoms with Crippen molar-refractivity contribution < 1.29 is 19.7 Å². The van der Waals surface area contributed by atoms with Gasteiger partial charge in [-0.05, 0) is 12.1 Å². The molecule has 2 rings (SSSR count). The fraction of sp³-hybridized carbons (Fsp3) is 0.308. The van der Waals surface area contributed by atoms with Crippen LogP contribution in [0, 0.1) is 0 Å². The molecule has 0 saturated carbocycles. The number of nitrogens with zero attached hydrogens (tertiary/aromatic N) is 3. The third kappa shape index (κ3) is 4.54. The first-order valence-corrected chi connectivity index (χ1v) is 8.12. The van der Waals surface area contributed by atoms with Gasteiger partial charge < -0.3 is 14.9 Å². The summed E-state index contributed by atoms with van der Waals surface area (Å²) in [6.45, 7) is 0.231. The second-order valence-electron chi connectivity index (χ2n) is 4.18. The average Bonchev–Trinajstić information content (AvgIpc) is 2.89. The molecule has 0 spiro atoms. The summed E-state index contributed by atoms with van der Waals surface area (Å²) in [5.74, 6) is -0.460. The van der Waals surface area contributed by atoms with E-state index in [1.165, 1.54) is 0 Å². The lowest BCUT2D eigenvalue weighted by atomic mass is 10.2. The van der Waals surface area contributed by atoms with Crippen LogP contribution in [0.15, 0.2) is 33.9 Å². The summed E-state index contributed by atoms with van der Waals surface area (Å²) >= 11 is 4.44. The van der Waals surface area contributed by atoms with Crippen molar-refractivity contribution in [1.82, 2.24) is 14.8 Å². The lowest BCUT2D eigenvalue weighted by molar-refractivity contribution is -0.133. The summed E-state index contributed by atoms with van der Waals surface area (Å²) in [5.41, 5.74) is 0.838. The number of aliphatic hydroxyl groups excluding tert-OH is 1. The zero-order valence-electron chi connectivity index (χ0n) is 11.5. The monoisotopic (exact) mass is 387 g/mol. The molecule has 0 unspecified atom stereocenters. The number of aliphatic hydroxyl groups is 1. The van der Waals surface area contributed by atoms with Crippen LogP contribution in [-0.4, -0.2) is 49.9 Å². The quantitative estimate of drug-likeness (QED) is 0.526. The largest absolute Gasteiger partial charge is 0.481 e. The summed E-state index contributed by atoms with van der Waals surface area (Å²) < 4.78 is 7.95. The summed E-state index contributed by atoms with van der Waals surface area (Å²) in [5, 5.41) is 26.2. The highest BCUT2D eigenvalue weighted by Gasteiger charge is 2.15. The van der Waals surface area contributed by atoms with Crippen LogP contribution in [0.25, 0.3) is 11.4 Å². The lowest BCUT2D eigenvalue weighted by Gasteiger charge is -2.10. The molecule has 7 nitrogen and oxygen atoms in total. The average molecular weight is 388 g/mol. The minimum Gasteiger partial charge on any atom is -0.481 e. The number of hydrogen-bond acceptors (Lipinski definition) is 6. The van der Waals surface area contributed by atoms with Crippen LogP contribution in [0.4, 0.5) is 0 Å². The molecule has 118 valence electrons. The van der Waals surface area contributed by atoms with Crippen LogP contribution in [0.5, 0.6) is 0 Å². The van der Waals surface area contributed by atoms with E-state index in [1.54, 1.807) is 4.57 Å². The number of benzene rings is 1. The summed E-state index contributed by atoms with van der Waals surface area (Å²) in [6, 6.07) is 7.52. The molecule has 0 aliphatic rings. The first kappa shape index (κ1) is 16.9. The number of carboxylic acids is 1. The lowest BCUT2D eigenvalue weighted by Crippen LogP contribution is -2.09. The molecule has 2 aromatic rings. The van der Waals surface area contributed by atoms with Crippen molar-refractivity contribution >= 4 is 33.7 Å². The molecule has 1 aromatic carbocycles. The summed E-state index contributed by atoms with van der Waals surface area (Å²) in [4.78, 5) is 10.7. The molecule has 22 heavy (non-hydrogen) atoms. The third-order valence-corrected chi connectivity index (χ3v) is 4.08. The van der Waals surface area contributed by atoms with Crippen molar-refractivity contribution in [2.45, 2.75) is 11.9 Å². The first-order chi connectivity index (χ1) is 10.6. The molecule has 1 aromatic heterocycles. The van der Waals surface area contributed by atoms with Crippen LogP contribution in [0.1, 0.15) is 0 Å². The van der Waals surface area contributed by atoms with E-state index in [4.69, 9.17) is 14.9 Å². The summed E-state index contributed by atoms with van der Waals surface area (Å²) in [6.07, 6.45) is 0. The van der Waals surface area contributed by atoms with Gasteiger partial charge in [0.25, 0.3) is 0 Å². The molecule has 2 N–H and O–H groups in total. The van der Waals surface area contributed by atoms with Gasteiger partial charge in [-0.1, -0.05) is 39.8 Å². The highest BCUT2D eigenvalue weighted by atomic mass is 79.9. The van der Waals surface area contributed by atoms with Crippen molar-refractivity contribution in [3.63, 3.8) is 0 Å². The first-order valence-electron chi connectivity index (χ1n) is 6.34. The number of carboxylic acid groups (broad SMARTS) is 1. The Balaban J connectivity index is 2.27. The fourth-order valence-electron chi connectivity index (χ4n) is 1.67. The fourth-order valence-corrected chi connectivity index (χ4v) is 2.58. The van der Waals surface area contributed by atoms with Crippen LogP contribution < -0.4 is 0 Å². The second kappa shape index (κ2) is 8.28. The van der Waals surface area contributed by atoms with E-state index in [1.807, 2.05) is 24.3 Å². The van der Waals surface area contributed by atoms with Crippen LogP contribution in [0.3, 0.4) is 0 Å². The smallest absolute Gasteiger partial charge is 0.313 e. The molecular weight excluding hydrogens is 374 g/mol. The Hall–Kier alpha value is -1.42. The standard InChI is InChI=1S/C13H14BrN3O4S/c14-10-3-1-9(2-4-10)12-15-16-13(22-7-11(19)20)17(12)8-21-6-5-18/h1-4,18H,5-8H2,(H,19,20). The van der Waals surface area contributed by atoms with E-state index in [0.717, 1.165) is 21.8 Å². The van der Waals surface area contributed by atoms with Crippen LogP contribution in [0.2, 0.25) is 0 Å². The Labute approximate surface area is 139 Å².